The molecule has 3 rings (SSSR count). The molecule has 0 aliphatic carbocycles. The Morgan fingerprint density at radius 2 is 1.53 bits per heavy atom. The number of anilines is 2. The van der Waals surface area contributed by atoms with Crippen LogP contribution in [0.25, 0.3) is 0 Å². The van der Waals surface area contributed by atoms with Crippen LogP contribution in [0.1, 0.15) is 21.7 Å². The number of aliphatic carboxylic acids is 1. The van der Waals surface area contributed by atoms with Crippen molar-refractivity contribution in [2.45, 2.75) is 19.4 Å². The van der Waals surface area contributed by atoms with E-state index in [2.05, 4.69) is 25.6 Å². The van der Waals surface area contributed by atoms with Gasteiger partial charge in [0.05, 0.1) is 15.7 Å². The third kappa shape index (κ3) is 5.77. The Morgan fingerprint density at radius 3 is 2.06 bits per heavy atom. The Hall–Kier alpha value is -2.65. The molecule has 3 aromatic rings. The van der Waals surface area contributed by atoms with E-state index in [9.17, 15) is 14.7 Å². The topological polar surface area (TPSA) is 117 Å². The number of aromatic nitrogens is 3. The summed E-state index contributed by atoms with van der Waals surface area (Å²) in [7, 11) is 0. The van der Waals surface area contributed by atoms with E-state index in [0.717, 1.165) is 0 Å². The van der Waals surface area contributed by atoms with Gasteiger partial charge in [-0.15, -0.1) is 0 Å². The monoisotopic (exact) mass is 513 g/mol. The van der Waals surface area contributed by atoms with Crippen LogP contribution < -0.4 is 10.6 Å². The summed E-state index contributed by atoms with van der Waals surface area (Å²) in [5.74, 6) is -1.20. The number of pyridine rings is 1. The number of benzene rings is 1. The lowest BCUT2D eigenvalue weighted by Crippen LogP contribution is -2.32. The SMILES string of the molecule is Cc1nc(Cl)c(NC(Cc2ccc(C(=O)Nc3c(Cl)cncc3Cl)cc2)C(=O)O)c(Cl)n1. The molecular weight excluding hydrogens is 500 g/mol. The van der Waals surface area contributed by atoms with Crippen LogP contribution in [0.15, 0.2) is 36.7 Å². The number of hydrogen-bond donors (Lipinski definition) is 3. The average molecular weight is 515 g/mol. The van der Waals surface area contributed by atoms with E-state index < -0.39 is 17.9 Å². The van der Waals surface area contributed by atoms with Crippen LogP contribution in [-0.4, -0.2) is 38.0 Å². The maximum absolute atomic E-state index is 12.5. The number of nitrogens with zero attached hydrogens (tertiary/aromatic N) is 3. The van der Waals surface area contributed by atoms with Gasteiger partial charge in [-0.2, -0.15) is 0 Å². The highest BCUT2D eigenvalue weighted by atomic mass is 35.5. The lowest BCUT2D eigenvalue weighted by Gasteiger charge is -2.17. The predicted molar refractivity (Wildman–Crippen MR) is 124 cm³/mol. The fourth-order valence-electron chi connectivity index (χ4n) is 2.74. The second kappa shape index (κ2) is 10.3. The third-order valence-electron chi connectivity index (χ3n) is 4.30. The van der Waals surface area contributed by atoms with Gasteiger partial charge in [-0.05, 0) is 24.6 Å². The van der Waals surface area contributed by atoms with E-state index in [-0.39, 0.29) is 38.1 Å². The van der Waals surface area contributed by atoms with Gasteiger partial charge in [-0.1, -0.05) is 58.5 Å². The molecule has 0 aliphatic heterocycles. The van der Waals surface area contributed by atoms with Crippen LogP contribution in [0.2, 0.25) is 20.4 Å². The highest BCUT2D eigenvalue weighted by molar-refractivity contribution is 6.39. The fourth-order valence-corrected chi connectivity index (χ4v) is 3.78. The van der Waals surface area contributed by atoms with E-state index in [1.165, 1.54) is 12.4 Å². The molecule has 0 spiro atoms. The zero-order valence-electron chi connectivity index (χ0n) is 16.4. The molecular formula is C20H15Cl4N5O3. The number of carboxylic acids is 1. The smallest absolute Gasteiger partial charge is 0.326 e. The lowest BCUT2D eigenvalue weighted by atomic mass is 10.0. The number of aryl methyl sites for hydroxylation is 1. The highest BCUT2D eigenvalue weighted by Crippen LogP contribution is 2.30. The molecule has 2 aromatic heterocycles. The van der Waals surface area contributed by atoms with Crippen molar-refractivity contribution in [1.82, 2.24) is 15.0 Å². The van der Waals surface area contributed by atoms with Crippen molar-refractivity contribution in [2.24, 2.45) is 0 Å². The Kier molecular flexibility index (Phi) is 7.73. The van der Waals surface area contributed by atoms with E-state index >= 15 is 0 Å². The summed E-state index contributed by atoms with van der Waals surface area (Å²) in [6.07, 6.45) is 2.81. The third-order valence-corrected chi connectivity index (χ3v) is 5.42. The molecule has 8 nitrogen and oxygen atoms in total. The first-order valence-corrected chi connectivity index (χ1v) is 10.5. The Morgan fingerprint density at radius 1 is 0.969 bits per heavy atom. The second-order valence-electron chi connectivity index (χ2n) is 6.60. The van der Waals surface area contributed by atoms with Gasteiger partial charge >= 0.3 is 5.97 Å². The molecule has 0 radical (unpaired) electrons. The summed E-state index contributed by atoms with van der Waals surface area (Å²) < 4.78 is 0. The van der Waals surface area contributed by atoms with E-state index in [4.69, 9.17) is 46.4 Å². The number of halogens is 4. The Balaban J connectivity index is 1.73. The van der Waals surface area contributed by atoms with Crippen LogP contribution in [0.3, 0.4) is 0 Å². The van der Waals surface area contributed by atoms with Crippen molar-refractivity contribution in [3.63, 3.8) is 0 Å². The molecule has 3 N–H and O–H groups in total. The molecule has 2 heterocycles. The maximum Gasteiger partial charge on any atom is 0.326 e. The standard InChI is InChI=1S/C20H15Cl4N5O3/c1-9-26-17(23)16(18(24)27-9)28-14(20(31)32)6-10-2-4-11(5-3-10)19(30)29-15-12(21)7-25-8-13(15)22/h2-5,7-8,14,28H,6H2,1H3,(H,31,32)(H,25,29,30). The minimum atomic E-state index is -1.12. The van der Waals surface area contributed by atoms with E-state index in [0.29, 0.717) is 17.0 Å². The zero-order valence-corrected chi connectivity index (χ0v) is 19.4. The molecule has 12 heteroatoms. The van der Waals surface area contributed by atoms with Crippen molar-refractivity contribution in [2.75, 3.05) is 10.6 Å². The second-order valence-corrected chi connectivity index (χ2v) is 8.13. The molecule has 0 saturated carbocycles. The average Bonchev–Trinajstić information content (AvgIpc) is 2.72. The molecule has 32 heavy (non-hydrogen) atoms. The minimum absolute atomic E-state index is 0.0224. The highest BCUT2D eigenvalue weighted by Gasteiger charge is 2.22. The Bertz CT molecular complexity index is 1130. The van der Waals surface area contributed by atoms with Gasteiger partial charge < -0.3 is 15.7 Å². The number of rotatable bonds is 7. The minimum Gasteiger partial charge on any atom is -0.480 e. The summed E-state index contributed by atoms with van der Waals surface area (Å²) in [5.41, 5.74) is 1.37. The van der Waals surface area contributed by atoms with Crippen molar-refractivity contribution in [3.05, 3.63) is 74.0 Å². The fraction of sp³-hybridized carbons (Fsp3) is 0.150. The van der Waals surface area contributed by atoms with Gasteiger partial charge in [0.25, 0.3) is 5.91 Å². The summed E-state index contributed by atoms with van der Waals surface area (Å²) >= 11 is 24.2. The predicted octanol–water partition coefficient (Wildman–Crippen LogP) is 5.15. The van der Waals surface area contributed by atoms with Crippen LogP contribution in [0.4, 0.5) is 11.4 Å². The van der Waals surface area contributed by atoms with Crippen molar-refractivity contribution >= 4 is 69.7 Å². The molecule has 0 aliphatic rings. The summed E-state index contributed by atoms with van der Waals surface area (Å²) in [6, 6.07) is 5.32. The number of nitrogens with one attached hydrogen (secondary N) is 2. The van der Waals surface area contributed by atoms with Gasteiger partial charge in [0.15, 0.2) is 10.3 Å². The first-order valence-electron chi connectivity index (χ1n) is 9.04. The van der Waals surface area contributed by atoms with Crippen molar-refractivity contribution in [3.8, 4) is 0 Å². The zero-order chi connectivity index (χ0) is 23.4. The van der Waals surface area contributed by atoms with E-state index in [1.807, 2.05) is 0 Å². The number of carbonyl (C=O) groups excluding carboxylic acids is 1. The lowest BCUT2D eigenvalue weighted by molar-refractivity contribution is -0.137. The number of carboxylic acid groups (broad SMARTS) is 1. The van der Waals surface area contributed by atoms with Crippen LogP contribution in [0.5, 0.6) is 0 Å². The molecule has 1 aromatic carbocycles. The first-order chi connectivity index (χ1) is 15.2. The largest absolute Gasteiger partial charge is 0.480 e. The van der Waals surface area contributed by atoms with Gasteiger partial charge in [0, 0.05) is 24.4 Å². The van der Waals surface area contributed by atoms with Gasteiger partial charge in [0.2, 0.25) is 0 Å². The van der Waals surface area contributed by atoms with Gasteiger partial charge in [-0.25, -0.2) is 14.8 Å². The molecule has 0 fully saturated rings. The normalized spacial score (nSPS) is 11.7. The molecule has 1 atom stereocenters. The summed E-state index contributed by atoms with van der Waals surface area (Å²) in [4.78, 5) is 36.0. The number of carbonyl (C=O) groups is 2. The van der Waals surface area contributed by atoms with Crippen LogP contribution >= 0.6 is 46.4 Å². The van der Waals surface area contributed by atoms with E-state index in [1.54, 1.807) is 31.2 Å². The van der Waals surface area contributed by atoms with Gasteiger partial charge in [-0.3, -0.25) is 9.78 Å². The van der Waals surface area contributed by atoms with Crippen LogP contribution in [-0.2, 0) is 11.2 Å². The summed E-state index contributed by atoms with van der Waals surface area (Å²) in [5, 5.41) is 15.5. The quantitative estimate of drug-likeness (QED) is 0.373. The van der Waals surface area contributed by atoms with Crippen LogP contribution in [0, 0.1) is 6.92 Å². The Labute approximate surface area is 202 Å². The number of hydrogen-bond acceptors (Lipinski definition) is 6. The maximum atomic E-state index is 12.5. The molecule has 1 amide bonds. The van der Waals surface area contributed by atoms with Crippen molar-refractivity contribution < 1.29 is 14.7 Å². The first kappa shape index (κ1) is 24.0. The molecule has 0 saturated heterocycles. The molecule has 0 bridgehead atoms. The van der Waals surface area contributed by atoms with Gasteiger partial charge in [0.1, 0.15) is 17.6 Å². The molecule has 1 unspecified atom stereocenters. The molecule has 166 valence electrons. The van der Waals surface area contributed by atoms with Crippen molar-refractivity contribution in [1.29, 1.82) is 0 Å². The summed E-state index contributed by atoms with van der Waals surface area (Å²) in [6.45, 7) is 1.62. The number of amides is 1.